The summed E-state index contributed by atoms with van der Waals surface area (Å²) in [5, 5.41) is 9.24. The van der Waals surface area contributed by atoms with Crippen molar-refractivity contribution in [2.24, 2.45) is 11.8 Å². The van der Waals surface area contributed by atoms with Gasteiger partial charge in [0.25, 0.3) is 0 Å². The first-order valence-corrected chi connectivity index (χ1v) is 7.67. The molecule has 1 aliphatic carbocycles. The van der Waals surface area contributed by atoms with Crippen LogP contribution in [0.4, 0.5) is 0 Å². The number of hydrogen-bond acceptors (Lipinski definition) is 3. The van der Waals surface area contributed by atoms with Gasteiger partial charge < -0.3 is 14.9 Å². The molecule has 0 aliphatic heterocycles. The van der Waals surface area contributed by atoms with Gasteiger partial charge in [-0.05, 0) is 26.7 Å². The molecular weight excluding hydrogens is 272 g/mol. The number of carboxylic acid groups (broad SMARTS) is 1. The molecule has 0 aromatic heterocycles. The van der Waals surface area contributed by atoms with Gasteiger partial charge in [-0.2, -0.15) is 0 Å². The smallest absolute Gasteiger partial charge is 0.307 e. The zero-order valence-electron chi connectivity index (χ0n) is 13.2. The summed E-state index contributed by atoms with van der Waals surface area (Å²) in [6, 6.07) is 0. The molecule has 2 atom stereocenters. The third-order valence-corrected chi connectivity index (χ3v) is 4.27. The maximum absolute atomic E-state index is 12.4. The van der Waals surface area contributed by atoms with Gasteiger partial charge in [0.1, 0.15) is 0 Å². The van der Waals surface area contributed by atoms with E-state index in [1.807, 2.05) is 13.8 Å². The second-order valence-electron chi connectivity index (χ2n) is 5.60. The number of carbonyl (C=O) groups is 3. The maximum Gasteiger partial charge on any atom is 0.307 e. The quantitative estimate of drug-likeness (QED) is 0.799. The summed E-state index contributed by atoms with van der Waals surface area (Å²) in [6.45, 7) is 5.02. The van der Waals surface area contributed by atoms with Crippen LogP contribution in [0.25, 0.3) is 0 Å². The van der Waals surface area contributed by atoms with Gasteiger partial charge in [-0.15, -0.1) is 0 Å². The molecule has 2 amide bonds. The van der Waals surface area contributed by atoms with E-state index < -0.39 is 17.8 Å². The predicted molar refractivity (Wildman–Crippen MR) is 78.6 cm³/mol. The van der Waals surface area contributed by atoms with E-state index >= 15 is 0 Å². The van der Waals surface area contributed by atoms with Crippen molar-refractivity contribution >= 4 is 17.8 Å². The molecule has 6 heteroatoms. The number of likely N-dealkylation sites (N-methyl/N-ethyl adjacent to an activating group) is 2. The van der Waals surface area contributed by atoms with Crippen LogP contribution in [0.15, 0.2) is 0 Å². The van der Waals surface area contributed by atoms with Crippen LogP contribution in [0.2, 0.25) is 0 Å². The fourth-order valence-corrected chi connectivity index (χ4v) is 2.96. The number of hydrogen-bond donors (Lipinski definition) is 1. The molecule has 120 valence electrons. The van der Waals surface area contributed by atoms with E-state index in [9.17, 15) is 19.5 Å². The Labute approximate surface area is 126 Å². The summed E-state index contributed by atoms with van der Waals surface area (Å²) in [4.78, 5) is 38.8. The van der Waals surface area contributed by atoms with Crippen LogP contribution in [0, 0.1) is 11.8 Å². The first-order chi connectivity index (χ1) is 9.92. The lowest BCUT2D eigenvalue weighted by Crippen LogP contribution is -2.45. The molecule has 1 rings (SSSR count). The molecule has 0 saturated heterocycles. The molecule has 21 heavy (non-hydrogen) atoms. The average molecular weight is 298 g/mol. The molecule has 0 radical (unpaired) electrons. The minimum Gasteiger partial charge on any atom is -0.481 e. The Bertz CT molecular complexity index is 393. The molecule has 0 bridgehead atoms. The largest absolute Gasteiger partial charge is 0.481 e. The van der Waals surface area contributed by atoms with Gasteiger partial charge in [-0.25, -0.2) is 0 Å². The van der Waals surface area contributed by atoms with Crippen LogP contribution in [0.1, 0.15) is 39.5 Å². The van der Waals surface area contributed by atoms with Crippen molar-refractivity contribution in [1.29, 1.82) is 0 Å². The Morgan fingerprint density at radius 1 is 1.05 bits per heavy atom. The van der Waals surface area contributed by atoms with Gasteiger partial charge in [0, 0.05) is 20.1 Å². The summed E-state index contributed by atoms with van der Waals surface area (Å²) in [6.07, 6.45) is 2.87. The standard InChI is InChI=1S/C15H26N2O4/c1-4-17(5-2)13(18)10-16(3)14(19)11-8-6-7-9-12(11)15(20)21/h11-12H,4-10H2,1-3H3,(H,20,21). The fraction of sp³-hybridized carbons (Fsp3) is 0.800. The van der Waals surface area contributed by atoms with Crippen LogP contribution in [-0.2, 0) is 14.4 Å². The molecule has 0 spiro atoms. The van der Waals surface area contributed by atoms with E-state index in [0.29, 0.717) is 25.9 Å². The predicted octanol–water partition coefficient (Wildman–Crippen LogP) is 1.20. The zero-order chi connectivity index (χ0) is 16.0. The van der Waals surface area contributed by atoms with Gasteiger partial charge >= 0.3 is 5.97 Å². The van der Waals surface area contributed by atoms with Crippen molar-refractivity contribution in [3.8, 4) is 0 Å². The molecule has 0 heterocycles. The topological polar surface area (TPSA) is 77.9 Å². The van der Waals surface area contributed by atoms with E-state index in [0.717, 1.165) is 12.8 Å². The van der Waals surface area contributed by atoms with Gasteiger partial charge in [0.2, 0.25) is 11.8 Å². The van der Waals surface area contributed by atoms with Crippen LogP contribution in [-0.4, -0.2) is 59.4 Å². The summed E-state index contributed by atoms with van der Waals surface area (Å²) in [5.74, 6) is -2.33. The lowest BCUT2D eigenvalue weighted by atomic mass is 9.78. The van der Waals surface area contributed by atoms with Gasteiger partial charge in [-0.1, -0.05) is 12.8 Å². The van der Waals surface area contributed by atoms with E-state index in [2.05, 4.69) is 0 Å². The minimum atomic E-state index is -0.906. The normalized spacial score (nSPS) is 21.7. The first-order valence-electron chi connectivity index (χ1n) is 7.67. The molecule has 1 fully saturated rings. The van der Waals surface area contributed by atoms with Crippen molar-refractivity contribution in [2.75, 3.05) is 26.7 Å². The fourth-order valence-electron chi connectivity index (χ4n) is 2.96. The summed E-state index contributed by atoms with van der Waals surface area (Å²) < 4.78 is 0. The highest BCUT2D eigenvalue weighted by molar-refractivity contribution is 5.88. The van der Waals surface area contributed by atoms with Crippen LogP contribution < -0.4 is 0 Å². The van der Waals surface area contributed by atoms with Gasteiger partial charge in [0.15, 0.2) is 0 Å². The highest BCUT2D eigenvalue weighted by Crippen LogP contribution is 2.31. The van der Waals surface area contributed by atoms with Gasteiger partial charge in [0.05, 0.1) is 18.4 Å². The minimum absolute atomic E-state index is 0.0172. The van der Waals surface area contributed by atoms with Crippen molar-refractivity contribution in [2.45, 2.75) is 39.5 Å². The molecule has 1 saturated carbocycles. The Morgan fingerprint density at radius 3 is 2.05 bits per heavy atom. The second kappa shape index (κ2) is 8.00. The molecule has 0 aromatic carbocycles. The molecule has 6 nitrogen and oxygen atoms in total. The van der Waals surface area contributed by atoms with Crippen molar-refractivity contribution in [3.05, 3.63) is 0 Å². The lowest BCUT2D eigenvalue weighted by Gasteiger charge is -2.31. The maximum atomic E-state index is 12.4. The summed E-state index contributed by atoms with van der Waals surface area (Å²) in [5.41, 5.74) is 0. The van der Waals surface area contributed by atoms with E-state index in [1.165, 1.54) is 4.90 Å². The highest BCUT2D eigenvalue weighted by Gasteiger charge is 2.37. The summed E-state index contributed by atoms with van der Waals surface area (Å²) in [7, 11) is 1.58. The van der Waals surface area contributed by atoms with Crippen molar-refractivity contribution in [3.63, 3.8) is 0 Å². The van der Waals surface area contributed by atoms with E-state index in [-0.39, 0.29) is 18.4 Å². The highest BCUT2D eigenvalue weighted by atomic mass is 16.4. The Hall–Kier alpha value is -1.59. The monoisotopic (exact) mass is 298 g/mol. The van der Waals surface area contributed by atoms with Crippen LogP contribution in [0.3, 0.4) is 0 Å². The number of carbonyl (C=O) groups excluding carboxylic acids is 2. The number of amides is 2. The Balaban J connectivity index is 2.68. The average Bonchev–Trinajstić information content (AvgIpc) is 2.47. The SMILES string of the molecule is CCN(CC)C(=O)CN(C)C(=O)C1CCCCC1C(=O)O. The van der Waals surface area contributed by atoms with Crippen molar-refractivity contribution < 1.29 is 19.5 Å². The number of carboxylic acids is 1. The molecule has 2 unspecified atom stereocenters. The molecular formula is C15H26N2O4. The second-order valence-corrected chi connectivity index (χ2v) is 5.60. The zero-order valence-corrected chi connectivity index (χ0v) is 13.2. The van der Waals surface area contributed by atoms with Crippen LogP contribution >= 0.6 is 0 Å². The summed E-state index contributed by atoms with van der Waals surface area (Å²) >= 11 is 0. The van der Waals surface area contributed by atoms with Gasteiger partial charge in [-0.3, -0.25) is 14.4 Å². The third kappa shape index (κ3) is 4.44. The number of aliphatic carboxylic acids is 1. The van der Waals surface area contributed by atoms with Crippen molar-refractivity contribution in [1.82, 2.24) is 9.80 Å². The lowest BCUT2D eigenvalue weighted by molar-refractivity contribution is -0.152. The van der Waals surface area contributed by atoms with E-state index in [1.54, 1.807) is 11.9 Å². The molecule has 1 N–H and O–H groups in total. The molecule has 1 aliphatic rings. The third-order valence-electron chi connectivity index (χ3n) is 4.27. The Kier molecular flexibility index (Phi) is 6.65. The first kappa shape index (κ1) is 17.5. The van der Waals surface area contributed by atoms with E-state index in [4.69, 9.17) is 0 Å². The molecule has 0 aromatic rings. The van der Waals surface area contributed by atoms with Crippen LogP contribution in [0.5, 0.6) is 0 Å². The Morgan fingerprint density at radius 2 is 1.57 bits per heavy atom. The number of rotatable bonds is 6. The number of nitrogens with zero attached hydrogens (tertiary/aromatic N) is 2.